The minimum atomic E-state index is -3.88. The third kappa shape index (κ3) is 5.17. The van der Waals surface area contributed by atoms with E-state index >= 15 is 0 Å². The summed E-state index contributed by atoms with van der Waals surface area (Å²) in [4.78, 5) is 34.7. The molecule has 1 aliphatic rings. The van der Waals surface area contributed by atoms with Gasteiger partial charge < -0.3 is 10.2 Å². The standard InChI is InChI=1S/C23H23N5O4S/c1-15-3-7-19(8-4-15)28-14-17(13-21(28)29)22(30)26-18-5-9-20(10-6-18)33(31,32)27-23-24-12-11-16(2)25-23/h3-12,17H,13-14H2,1-2H3,(H,26,30)(H,24,25,27)/t17-/m0/s1. The number of nitrogens with one attached hydrogen (secondary N) is 2. The molecular formula is C23H23N5O4S. The Balaban J connectivity index is 1.40. The summed E-state index contributed by atoms with van der Waals surface area (Å²) >= 11 is 0. The number of sulfonamides is 1. The second-order valence-electron chi connectivity index (χ2n) is 7.88. The average molecular weight is 466 g/mol. The first-order valence-electron chi connectivity index (χ1n) is 10.3. The monoisotopic (exact) mass is 465 g/mol. The fourth-order valence-electron chi connectivity index (χ4n) is 3.50. The molecule has 1 atom stereocenters. The third-order valence-corrected chi connectivity index (χ3v) is 6.64. The fraction of sp³-hybridized carbons (Fsp3) is 0.217. The van der Waals surface area contributed by atoms with Gasteiger partial charge in [0.1, 0.15) is 0 Å². The first-order chi connectivity index (χ1) is 15.7. The number of rotatable bonds is 6. The molecule has 1 aromatic heterocycles. The van der Waals surface area contributed by atoms with E-state index in [1.54, 1.807) is 17.9 Å². The molecule has 0 aliphatic carbocycles. The number of hydrogen-bond acceptors (Lipinski definition) is 6. The summed E-state index contributed by atoms with van der Waals surface area (Å²) in [5, 5.41) is 2.76. The molecular weight excluding hydrogens is 442 g/mol. The maximum atomic E-state index is 12.7. The van der Waals surface area contributed by atoms with Gasteiger partial charge in [0.05, 0.1) is 10.8 Å². The summed E-state index contributed by atoms with van der Waals surface area (Å²) in [7, 11) is -3.88. The third-order valence-electron chi connectivity index (χ3n) is 5.29. The summed E-state index contributed by atoms with van der Waals surface area (Å²) in [6, 6.07) is 15.0. The summed E-state index contributed by atoms with van der Waals surface area (Å²) in [6.07, 6.45) is 1.58. The Hall–Kier alpha value is -3.79. The van der Waals surface area contributed by atoms with Crippen molar-refractivity contribution in [3.63, 3.8) is 0 Å². The van der Waals surface area contributed by atoms with Gasteiger partial charge in [0.25, 0.3) is 10.0 Å². The lowest BCUT2D eigenvalue weighted by atomic mass is 10.1. The fourth-order valence-corrected chi connectivity index (χ4v) is 4.45. The minimum Gasteiger partial charge on any atom is -0.326 e. The van der Waals surface area contributed by atoms with Crippen LogP contribution in [0.15, 0.2) is 65.7 Å². The topological polar surface area (TPSA) is 121 Å². The summed E-state index contributed by atoms with van der Waals surface area (Å²) < 4.78 is 27.5. The molecule has 4 rings (SSSR count). The average Bonchev–Trinajstić information content (AvgIpc) is 3.16. The Labute approximate surface area is 191 Å². The molecule has 0 saturated carbocycles. The molecule has 3 aromatic rings. The van der Waals surface area contributed by atoms with Crippen molar-refractivity contribution in [3.8, 4) is 0 Å². The number of nitrogens with zero attached hydrogens (tertiary/aromatic N) is 3. The van der Waals surface area contributed by atoms with Crippen LogP contribution < -0.4 is 14.9 Å². The maximum Gasteiger partial charge on any atom is 0.264 e. The Morgan fingerprint density at radius 1 is 1.03 bits per heavy atom. The van der Waals surface area contributed by atoms with E-state index in [0.29, 0.717) is 17.9 Å². The summed E-state index contributed by atoms with van der Waals surface area (Å²) in [5.74, 6) is -0.913. The number of aryl methyl sites for hydroxylation is 2. The molecule has 1 aliphatic heterocycles. The van der Waals surface area contributed by atoms with Crippen LogP contribution in [0.1, 0.15) is 17.7 Å². The van der Waals surface area contributed by atoms with Gasteiger partial charge in [0.2, 0.25) is 17.8 Å². The Morgan fingerprint density at radius 2 is 1.73 bits per heavy atom. The van der Waals surface area contributed by atoms with Gasteiger partial charge in [-0.1, -0.05) is 17.7 Å². The van der Waals surface area contributed by atoms with Crippen molar-refractivity contribution < 1.29 is 18.0 Å². The molecule has 170 valence electrons. The first-order valence-corrected chi connectivity index (χ1v) is 11.8. The van der Waals surface area contributed by atoms with Gasteiger partial charge in [0, 0.05) is 36.2 Å². The van der Waals surface area contributed by atoms with Crippen LogP contribution in [0, 0.1) is 19.8 Å². The van der Waals surface area contributed by atoms with E-state index in [2.05, 4.69) is 20.0 Å². The van der Waals surface area contributed by atoms with Gasteiger partial charge in [0.15, 0.2) is 0 Å². The van der Waals surface area contributed by atoms with Crippen molar-refractivity contribution in [1.29, 1.82) is 0 Å². The quantitative estimate of drug-likeness (QED) is 0.577. The number of benzene rings is 2. The van der Waals surface area contributed by atoms with E-state index in [9.17, 15) is 18.0 Å². The van der Waals surface area contributed by atoms with E-state index < -0.39 is 15.9 Å². The number of carbonyl (C=O) groups excluding carboxylic acids is 2. The van der Waals surface area contributed by atoms with Crippen LogP contribution in [0.5, 0.6) is 0 Å². The van der Waals surface area contributed by atoms with E-state index in [4.69, 9.17) is 0 Å². The molecule has 9 nitrogen and oxygen atoms in total. The van der Waals surface area contributed by atoms with E-state index in [0.717, 1.165) is 11.3 Å². The lowest BCUT2D eigenvalue weighted by Gasteiger charge is -2.17. The van der Waals surface area contributed by atoms with Crippen LogP contribution in [0.2, 0.25) is 0 Å². The maximum absolute atomic E-state index is 12.7. The molecule has 1 saturated heterocycles. The van der Waals surface area contributed by atoms with Crippen molar-refractivity contribution in [2.45, 2.75) is 25.2 Å². The highest BCUT2D eigenvalue weighted by molar-refractivity contribution is 7.92. The van der Waals surface area contributed by atoms with Crippen molar-refractivity contribution >= 4 is 39.2 Å². The van der Waals surface area contributed by atoms with Crippen LogP contribution in [0.3, 0.4) is 0 Å². The molecule has 2 amide bonds. The van der Waals surface area contributed by atoms with Crippen LogP contribution >= 0.6 is 0 Å². The van der Waals surface area contributed by atoms with Gasteiger partial charge >= 0.3 is 0 Å². The van der Waals surface area contributed by atoms with Crippen LogP contribution in [0.25, 0.3) is 0 Å². The molecule has 2 heterocycles. The predicted octanol–water partition coefficient (Wildman–Crippen LogP) is 2.89. The largest absolute Gasteiger partial charge is 0.326 e. The first kappa shape index (κ1) is 22.4. The molecule has 1 fully saturated rings. The number of amides is 2. The number of hydrogen-bond donors (Lipinski definition) is 2. The number of carbonyl (C=O) groups is 2. The minimum absolute atomic E-state index is 0.00666. The zero-order valence-corrected chi connectivity index (χ0v) is 19.0. The molecule has 33 heavy (non-hydrogen) atoms. The zero-order valence-electron chi connectivity index (χ0n) is 18.1. The highest BCUT2D eigenvalue weighted by Crippen LogP contribution is 2.26. The molecule has 10 heteroatoms. The molecule has 2 aromatic carbocycles. The van der Waals surface area contributed by atoms with Gasteiger partial charge in [-0.15, -0.1) is 0 Å². The van der Waals surface area contributed by atoms with Gasteiger partial charge in [-0.05, 0) is 56.3 Å². The molecule has 0 unspecified atom stereocenters. The lowest BCUT2D eigenvalue weighted by molar-refractivity contribution is -0.122. The lowest BCUT2D eigenvalue weighted by Crippen LogP contribution is -2.28. The van der Waals surface area contributed by atoms with E-state index in [1.165, 1.54) is 30.5 Å². The molecule has 2 N–H and O–H groups in total. The van der Waals surface area contributed by atoms with Crippen molar-refractivity contribution in [1.82, 2.24) is 9.97 Å². The number of aromatic nitrogens is 2. The second kappa shape index (κ2) is 8.99. The summed E-state index contributed by atoms with van der Waals surface area (Å²) in [6.45, 7) is 3.99. The predicted molar refractivity (Wildman–Crippen MR) is 124 cm³/mol. The molecule has 0 spiro atoms. The molecule has 0 bridgehead atoms. The Kier molecular flexibility index (Phi) is 6.10. The SMILES string of the molecule is Cc1ccc(N2C[C@@H](C(=O)Nc3ccc(S(=O)(=O)Nc4nccc(C)n4)cc3)CC2=O)cc1. The highest BCUT2D eigenvalue weighted by atomic mass is 32.2. The Bertz CT molecular complexity index is 1290. The van der Waals surface area contributed by atoms with Crippen LogP contribution in [0.4, 0.5) is 17.3 Å². The molecule has 0 radical (unpaired) electrons. The van der Waals surface area contributed by atoms with E-state index in [-0.39, 0.29) is 29.1 Å². The Morgan fingerprint density at radius 3 is 2.39 bits per heavy atom. The summed E-state index contributed by atoms with van der Waals surface area (Å²) in [5.41, 5.74) is 2.92. The smallest absolute Gasteiger partial charge is 0.264 e. The normalized spacial score (nSPS) is 16.0. The second-order valence-corrected chi connectivity index (χ2v) is 9.56. The van der Waals surface area contributed by atoms with Crippen LogP contribution in [-0.2, 0) is 19.6 Å². The number of anilines is 3. The van der Waals surface area contributed by atoms with Crippen molar-refractivity contribution in [2.24, 2.45) is 5.92 Å². The zero-order chi connectivity index (χ0) is 23.6. The van der Waals surface area contributed by atoms with Gasteiger partial charge in [-0.3, -0.25) is 9.59 Å². The van der Waals surface area contributed by atoms with Crippen LogP contribution in [-0.4, -0.2) is 36.7 Å². The van der Waals surface area contributed by atoms with Crippen molar-refractivity contribution in [3.05, 3.63) is 72.1 Å². The highest BCUT2D eigenvalue weighted by Gasteiger charge is 2.35. The van der Waals surface area contributed by atoms with E-state index in [1.807, 2.05) is 31.2 Å². The van der Waals surface area contributed by atoms with Crippen molar-refractivity contribution in [2.75, 3.05) is 21.5 Å². The van der Waals surface area contributed by atoms with Gasteiger partial charge in [-0.2, -0.15) is 0 Å². The van der Waals surface area contributed by atoms with Gasteiger partial charge in [-0.25, -0.2) is 23.1 Å².